The van der Waals surface area contributed by atoms with Crippen LogP contribution in [0.3, 0.4) is 0 Å². The fourth-order valence-electron chi connectivity index (χ4n) is 1.42. The maximum absolute atomic E-state index is 12.1. The summed E-state index contributed by atoms with van der Waals surface area (Å²) in [5.41, 5.74) is 11.7. The van der Waals surface area contributed by atoms with Gasteiger partial charge in [-0.15, -0.1) is 13.2 Å². The van der Waals surface area contributed by atoms with Gasteiger partial charge in [0.15, 0.2) is 0 Å². The fraction of sp³-hybridized carbons (Fsp3) is 0.462. The minimum atomic E-state index is -4.77. The number of hydrazine groups is 1. The van der Waals surface area contributed by atoms with Crippen LogP contribution >= 0.6 is 11.6 Å². The first-order chi connectivity index (χ1) is 10.2. The van der Waals surface area contributed by atoms with E-state index in [1.807, 2.05) is 13.8 Å². The number of aliphatic imine (C=N–C) groups is 1. The van der Waals surface area contributed by atoms with Crippen molar-refractivity contribution in [3.8, 4) is 5.75 Å². The van der Waals surface area contributed by atoms with Gasteiger partial charge in [0.05, 0.1) is 5.02 Å². The van der Waals surface area contributed by atoms with Gasteiger partial charge in [0.1, 0.15) is 5.75 Å². The molecule has 1 rings (SSSR count). The zero-order chi connectivity index (χ0) is 16.8. The van der Waals surface area contributed by atoms with Crippen LogP contribution in [0, 0.1) is 5.92 Å². The molecule has 0 atom stereocenters. The minimum absolute atomic E-state index is 0.127. The first kappa shape index (κ1) is 18.4. The molecule has 4 N–H and O–H groups in total. The van der Waals surface area contributed by atoms with E-state index in [0.29, 0.717) is 24.6 Å². The lowest BCUT2D eigenvalue weighted by Gasteiger charge is -2.12. The van der Waals surface area contributed by atoms with Crippen molar-refractivity contribution in [2.75, 3.05) is 6.54 Å². The molecule has 5 nitrogen and oxygen atoms in total. The number of benzene rings is 1. The Morgan fingerprint density at radius 3 is 2.64 bits per heavy atom. The van der Waals surface area contributed by atoms with E-state index in [0.717, 1.165) is 6.07 Å². The zero-order valence-corrected chi connectivity index (χ0v) is 12.9. The standard InChI is InChI=1S/C13H18ClF3N4O/c1-8(2)6-19-12(18)21-20-7-9-3-4-11(10(14)5-9)22-13(15,16)17/h3-5,8,20H,6-7H2,1-2H3,(H3,18,19,21). The highest BCUT2D eigenvalue weighted by Gasteiger charge is 2.31. The first-order valence-electron chi connectivity index (χ1n) is 6.50. The third-order valence-electron chi connectivity index (χ3n) is 2.36. The quantitative estimate of drug-likeness (QED) is 0.424. The Kier molecular flexibility index (Phi) is 6.76. The molecule has 0 bridgehead atoms. The van der Waals surface area contributed by atoms with Gasteiger partial charge < -0.3 is 10.5 Å². The number of hydrogen-bond acceptors (Lipinski definition) is 3. The molecule has 0 radical (unpaired) electrons. The predicted octanol–water partition coefficient (Wildman–Crippen LogP) is 2.80. The Morgan fingerprint density at radius 2 is 2.09 bits per heavy atom. The van der Waals surface area contributed by atoms with Crippen LogP contribution in [0.5, 0.6) is 5.75 Å². The highest BCUT2D eigenvalue weighted by Crippen LogP contribution is 2.30. The van der Waals surface area contributed by atoms with E-state index in [1.165, 1.54) is 12.1 Å². The monoisotopic (exact) mass is 338 g/mol. The van der Waals surface area contributed by atoms with Gasteiger partial charge in [0.25, 0.3) is 0 Å². The summed E-state index contributed by atoms with van der Waals surface area (Å²) in [5.74, 6) is 0.182. The van der Waals surface area contributed by atoms with Crippen LogP contribution in [0.4, 0.5) is 13.2 Å². The first-order valence-corrected chi connectivity index (χ1v) is 6.88. The molecule has 1 aromatic rings. The van der Waals surface area contributed by atoms with E-state index in [4.69, 9.17) is 17.3 Å². The van der Waals surface area contributed by atoms with Crippen molar-refractivity contribution >= 4 is 17.6 Å². The van der Waals surface area contributed by atoms with Crippen molar-refractivity contribution in [1.82, 2.24) is 10.9 Å². The van der Waals surface area contributed by atoms with Gasteiger partial charge in [-0.3, -0.25) is 10.4 Å². The maximum Gasteiger partial charge on any atom is 0.573 e. The molecule has 22 heavy (non-hydrogen) atoms. The lowest BCUT2D eigenvalue weighted by molar-refractivity contribution is -0.274. The molecular weight excluding hydrogens is 321 g/mol. The number of hydrogen-bond donors (Lipinski definition) is 3. The Labute approximate surface area is 131 Å². The van der Waals surface area contributed by atoms with E-state index in [1.54, 1.807) is 0 Å². The summed E-state index contributed by atoms with van der Waals surface area (Å²) >= 11 is 5.74. The summed E-state index contributed by atoms with van der Waals surface area (Å²) in [7, 11) is 0. The van der Waals surface area contributed by atoms with E-state index in [9.17, 15) is 13.2 Å². The molecule has 124 valence electrons. The van der Waals surface area contributed by atoms with E-state index in [-0.39, 0.29) is 11.0 Å². The molecule has 0 unspecified atom stereocenters. The van der Waals surface area contributed by atoms with Crippen LogP contribution in [0.25, 0.3) is 0 Å². The van der Waals surface area contributed by atoms with Gasteiger partial charge in [-0.25, -0.2) is 5.43 Å². The topological polar surface area (TPSA) is 71.7 Å². The number of guanidine groups is 1. The van der Waals surface area contributed by atoms with Crippen LogP contribution in [0.1, 0.15) is 19.4 Å². The summed E-state index contributed by atoms with van der Waals surface area (Å²) < 4.78 is 40.1. The second-order valence-electron chi connectivity index (χ2n) is 4.91. The molecule has 9 heteroatoms. The molecule has 0 saturated carbocycles. The molecule has 0 heterocycles. The molecule has 0 aliphatic heterocycles. The van der Waals surface area contributed by atoms with Gasteiger partial charge >= 0.3 is 6.36 Å². The van der Waals surface area contributed by atoms with Crippen molar-refractivity contribution in [2.24, 2.45) is 16.6 Å². The van der Waals surface area contributed by atoms with Gasteiger partial charge in [0, 0.05) is 13.1 Å². The summed E-state index contributed by atoms with van der Waals surface area (Å²) in [6.07, 6.45) is -4.77. The number of nitrogens with two attached hydrogens (primary N) is 1. The Balaban J connectivity index is 2.51. The van der Waals surface area contributed by atoms with Crippen LogP contribution in [-0.4, -0.2) is 18.9 Å². The molecule has 0 aromatic heterocycles. The molecular formula is C13H18ClF3N4O. The SMILES string of the molecule is CC(C)CN=C(N)NNCc1ccc(OC(F)(F)F)c(Cl)c1. The molecule has 0 amide bonds. The molecule has 0 spiro atoms. The number of ether oxygens (including phenoxy) is 1. The summed E-state index contributed by atoms with van der Waals surface area (Å²) in [6, 6.07) is 3.99. The Hall–Kier alpha value is -1.67. The van der Waals surface area contributed by atoms with Crippen molar-refractivity contribution < 1.29 is 17.9 Å². The van der Waals surface area contributed by atoms with Crippen LogP contribution in [-0.2, 0) is 6.54 Å². The summed E-state index contributed by atoms with van der Waals surface area (Å²) in [5, 5.41) is -0.127. The largest absolute Gasteiger partial charge is 0.573 e. The second kappa shape index (κ2) is 8.09. The Morgan fingerprint density at radius 1 is 1.41 bits per heavy atom. The van der Waals surface area contributed by atoms with Crippen molar-refractivity contribution in [3.05, 3.63) is 28.8 Å². The minimum Gasteiger partial charge on any atom is -0.404 e. The number of nitrogens with zero attached hydrogens (tertiary/aromatic N) is 1. The molecule has 1 aromatic carbocycles. The van der Waals surface area contributed by atoms with Crippen LogP contribution in [0.15, 0.2) is 23.2 Å². The second-order valence-corrected chi connectivity index (χ2v) is 5.32. The van der Waals surface area contributed by atoms with Gasteiger partial charge in [0.2, 0.25) is 5.96 Å². The van der Waals surface area contributed by atoms with Gasteiger partial charge in [-0.05, 0) is 23.6 Å². The highest BCUT2D eigenvalue weighted by molar-refractivity contribution is 6.32. The summed E-state index contributed by atoms with van der Waals surface area (Å²) in [4.78, 5) is 4.08. The lowest BCUT2D eigenvalue weighted by Crippen LogP contribution is -2.42. The number of rotatable bonds is 6. The van der Waals surface area contributed by atoms with Crippen molar-refractivity contribution in [2.45, 2.75) is 26.8 Å². The summed E-state index contributed by atoms with van der Waals surface area (Å²) in [6.45, 7) is 4.91. The number of alkyl halides is 3. The van der Waals surface area contributed by atoms with Gasteiger partial charge in [-0.1, -0.05) is 31.5 Å². The molecule has 0 aliphatic rings. The van der Waals surface area contributed by atoms with Crippen molar-refractivity contribution in [1.29, 1.82) is 0 Å². The normalized spacial score (nSPS) is 12.6. The highest BCUT2D eigenvalue weighted by atomic mass is 35.5. The third-order valence-corrected chi connectivity index (χ3v) is 2.65. The van der Waals surface area contributed by atoms with E-state index >= 15 is 0 Å². The third kappa shape index (κ3) is 7.37. The Bertz CT molecular complexity index is 520. The van der Waals surface area contributed by atoms with Crippen LogP contribution in [0.2, 0.25) is 5.02 Å². The molecule has 0 aliphatic carbocycles. The maximum atomic E-state index is 12.1. The number of nitrogens with one attached hydrogen (secondary N) is 2. The van der Waals surface area contributed by atoms with E-state index in [2.05, 4.69) is 20.6 Å². The lowest BCUT2D eigenvalue weighted by atomic mass is 10.2. The average molecular weight is 339 g/mol. The smallest absolute Gasteiger partial charge is 0.404 e. The van der Waals surface area contributed by atoms with Crippen molar-refractivity contribution in [3.63, 3.8) is 0 Å². The van der Waals surface area contributed by atoms with Gasteiger partial charge in [-0.2, -0.15) is 0 Å². The number of halogens is 4. The predicted molar refractivity (Wildman–Crippen MR) is 79.4 cm³/mol. The van der Waals surface area contributed by atoms with Crippen LogP contribution < -0.4 is 21.3 Å². The molecule has 0 fully saturated rings. The fourth-order valence-corrected chi connectivity index (χ4v) is 1.66. The average Bonchev–Trinajstić information content (AvgIpc) is 2.38. The molecule has 0 saturated heterocycles. The zero-order valence-electron chi connectivity index (χ0n) is 12.2. The van der Waals surface area contributed by atoms with E-state index < -0.39 is 12.1 Å².